The zero-order valence-corrected chi connectivity index (χ0v) is 17.5. The van der Waals surface area contributed by atoms with Crippen molar-refractivity contribution in [2.75, 3.05) is 5.75 Å². The van der Waals surface area contributed by atoms with Crippen LogP contribution >= 0.6 is 11.8 Å². The van der Waals surface area contributed by atoms with Gasteiger partial charge < -0.3 is 10.6 Å². The van der Waals surface area contributed by atoms with Gasteiger partial charge in [0.2, 0.25) is 5.91 Å². The van der Waals surface area contributed by atoms with Crippen molar-refractivity contribution in [3.63, 3.8) is 0 Å². The van der Waals surface area contributed by atoms with E-state index in [1.54, 1.807) is 0 Å². The molecule has 5 heteroatoms. The molecule has 3 rings (SSSR count). The van der Waals surface area contributed by atoms with E-state index in [4.69, 9.17) is 0 Å². The fraction of sp³-hybridized carbons (Fsp3) is 0.391. The third-order valence-electron chi connectivity index (χ3n) is 4.88. The first-order valence-corrected chi connectivity index (χ1v) is 10.8. The van der Waals surface area contributed by atoms with E-state index >= 15 is 0 Å². The number of carbonyl (C=O) groups is 2. The molecule has 148 valence electrons. The van der Waals surface area contributed by atoms with E-state index in [-0.39, 0.29) is 17.9 Å². The highest BCUT2D eigenvalue weighted by Gasteiger charge is 2.23. The number of nitrogens with one attached hydrogen (secondary N) is 2. The van der Waals surface area contributed by atoms with E-state index in [9.17, 15) is 9.59 Å². The van der Waals surface area contributed by atoms with Gasteiger partial charge in [-0.2, -0.15) is 0 Å². The molecule has 2 N–H and O–H groups in total. The second-order valence-electron chi connectivity index (χ2n) is 7.64. The van der Waals surface area contributed by atoms with E-state index in [0.29, 0.717) is 23.3 Å². The van der Waals surface area contributed by atoms with Crippen LogP contribution in [-0.4, -0.2) is 23.6 Å². The monoisotopic (exact) mass is 396 g/mol. The fourth-order valence-electron chi connectivity index (χ4n) is 2.95. The SMILES string of the molecule is CC(C)c1ccc([C@H](C)NC(=O)c2ccccc2SCC(=O)NC2CC2)cc1. The number of hydrogen-bond donors (Lipinski definition) is 2. The van der Waals surface area contributed by atoms with E-state index in [1.165, 1.54) is 17.3 Å². The van der Waals surface area contributed by atoms with Gasteiger partial charge in [0.25, 0.3) is 5.91 Å². The van der Waals surface area contributed by atoms with Crippen molar-refractivity contribution in [3.8, 4) is 0 Å². The molecule has 0 heterocycles. The summed E-state index contributed by atoms with van der Waals surface area (Å²) >= 11 is 1.41. The van der Waals surface area contributed by atoms with Gasteiger partial charge >= 0.3 is 0 Å². The average molecular weight is 397 g/mol. The molecular formula is C23H28N2O2S. The van der Waals surface area contributed by atoms with Crippen LogP contribution in [0.5, 0.6) is 0 Å². The van der Waals surface area contributed by atoms with Crippen molar-refractivity contribution in [3.05, 3.63) is 65.2 Å². The van der Waals surface area contributed by atoms with E-state index < -0.39 is 0 Å². The standard InChI is InChI=1S/C23H28N2O2S/c1-15(2)17-8-10-18(11-9-17)16(3)24-23(27)20-6-4-5-7-21(20)28-14-22(26)25-19-12-13-19/h4-11,15-16,19H,12-14H2,1-3H3,(H,24,27)(H,25,26)/t16-/m0/s1. The van der Waals surface area contributed by atoms with Gasteiger partial charge in [0.05, 0.1) is 17.4 Å². The Morgan fingerprint density at radius 2 is 1.64 bits per heavy atom. The second kappa shape index (κ2) is 9.28. The lowest BCUT2D eigenvalue weighted by molar-refractivity contribution is -0.118. The predicted molar refractivity (Wildman–Crippen MR) is 115 cm³/mol. The van der Waals surface area contributed by atoms with Crippen molar-refractivity contribution in [1.29, 1.82) is 0 Å². The van der Waals surface area contributed by atoms with Crippen LogP contribution in [0.3, 0.4) is 0 Å². The molecular weight excluding hydrogens is 368 g/mol. The van der Waals surface area contributed by atoms with Crippen LogP contribution in [0, 0.1) is 0 Å². The normalized spacial score (nSPS) is 14.6. The summed E-state index contributed by atoms with van der Waals surface area (Å²) in [4.78, 5) is 25.6. The minimum Gasteiger partial charge on any atom is -0.353 e. The van der Waals surface area contributed by atoms with Crippen LogP contribution in [0.1, 0.15) is 67.1 Å². The Bertz CT molecular complexity index is 829. The van der Waals surface area contributed by atoms with Crippen LogP contribution in [0.2, 0.25) is 0 Å². The third kappa shape index (κ3) is 5.61. The highest BCUT2D eigenvalue weighted by Crippen LogP contribution is 2.25. The molecule has 0 unspecified atom stereocenters. The van der Waals surface area contributed by atoms with Crippen molar-refractivity contribution < 1.29 is 9.59 Å². The molecule has 0 saturated heterocycles. The first-order valence-electron chi connectivity index (χ1n) is 9.86. The van der Waals surface area contributed by atoms with Gasteiger partial charge in [-0.15, -0.1) is 11.8 Å². The summed E-state index contributed by atoms with van der Waals surface area (Å²) in [6.07, 6.45) is 2.15. The summed E-state index contributed by atoms with van der Waals surface area (Å²) in [5.41, 5.74) is 2.97. The van der Waals surface area contributed by atoms with Crippen molar-refractivity contribution >= 4 is 23.6 Å². The Morgan fingerprint density at radius 3 is 2.29 bits per heavy atom. The molecule has 28 heavy (non-hydrogen) atoms. The third-order valence-corrected chi connectivity index (χ3v) is 5.96. The summed E-state index contributed by atoms with van der Waals surface area (Å²) in [7, 11) is 0. The smallest absolute Gasteiger partial charge is 0.252 e. The van der Waals surface area contributed by atoms with Crippen LogP contribution in [0.4, 0.5) is 0 Å². The maximum absolute atomic E-state index is 12.8. The predicted octanol–water partition coefficient (Wildman–Crippen LogP) is 4.67. The molecule has 2 aromatic carbocycles. The van der Waals surface area contributed by atoms with Gasteiger partial charge in [-0.1, -0.05) is 50.2 Å². The summed E-state index contributed by atoms with van der Waals surface area (Å²) in [6.45, 7) is 6.32. The number of amides is 2. The molecule has 0 aromatic heterocycles. The highest BCUT2D eigenvalue weighted by molar-refractivity contribution is 8.00. The largest absolute Gasteiger partial charge is 0.353 e. The molecule has 4 nitrogen and oxygen atoms in total. The Balaban J connectivity index is 1.62. The zero-order valence-electron chi connectivity index (χ0n) is 16.7. The minimum absolute atomic E-state index is 0.0290. The van der Waals surface area contributed by atoms with E-state index in [2.05, 4.69) is 48.7 Å². The molecule has 1 saturated carbocycles. The summed E-state index contributed by atoms with van der Waals surface area (Å²) in [6, 6.07) is 16.1. The molecule has 2 amide bonds. The topological polar surface area (TPSA) is 58.2 Å². The van der Waals surface area contributed by atoms with Gasteiger partial charge in [0.15, 0.2) is 0 Å². The Kier molecular flexibility index (Phi) is 6.79. The van der Waals surface area contributed by atoms with Gasteiger partial charge in [-0.25, -0.2) is 0 Å². The first kappa shape index (κ1) is 20.5. The number of benzene rings is 2. The fourth-order valence-corrected chi connectivity index (χ4v) is 3.81. The highest BCUT2D eigenvalue weighted by atomic mass is 32.2. The lowest BCUT2D eigenvalue weighted by Crippen LogP contribution is -2.28. The van der Waals surface area contributed by atoms with Crippen LogP contribution in [-0.2, 0) is 4.79 Å². The number of rotatable bonds is 8. The Morgan fingerprint density at radius 1 is 1.00 bits per heavy atom. The maximum atomic E-state index is 12.8. The zero-order chi connectivity index (χ0) is 20.1. The summed E-state index contributed by atoms with van der Waals surface area (Å²) < 4.78 is 0. The van der Waals surface area contributed by atoms with Crippen molar-refractivity contribution in [1.82, 2.24) is 10.6 Å². The molecule has 1 aliphatic carbocycles. The lowest BCUT2D eigenvalue weighted by Gasteiger charge is -2.17. The summed E-state index contributed by atoms with van der Waals surface area (Å²) in [5, 5.41) is 6.06. The van der Waals surface area contributed by atoms with Crippen molar-refractivity contribution in [2.45, 2.75) is 56.5 Å². The Labute approximate surface area is 171 Å². The first-order chi connectivity index (χ1) is 13.4. The lowest BCUT2D eigenvalue weighted by atomic mass is 9.99. The van der Waals surface area contributed by atoms with Gasteiger partial charge in [0.1, 0.15) is 0 Å². The molecule has 1 atom stereocenters. The van der Waals surface area contributed by atoms with Crippen LogP contribution in [0.25, 0.3) is 0 Å². The molecule has 0 bridgehead atoms. The molecule has 1 fully saturated rings. The molecule has 1 aliphatic rings. The van der Waals surface area contributed by atoms with Gasteiger partial charge in [-0.3, -0.25) is 9.59 Å². The molecule has 0 spiro atoms. The minimum atomic E-state index is -0.119. The quantitative estimate of drug-likeness (QED) is 0.638. The molecule has 0 aliphatic heterocycles. The maximum Gasteiger partial charge on any atom is 0.252 e. The molecule has 0 radical (unpaired) electrons. The van der Waals surface area contributed by atoms with Gasteiger partial charge in [-0.05, 0) is 48.9 Å². The van der Waals surface area contributed by atoms with Crippen molar-refractivity contribution in [2.24, 2.45) is 0 Å². The Hall–Kier alpha value is -2.27. The van der Waals surface area contributed by atoms with Crippen LogP contribution in [0.15, 0.2) is 53.4 Å². The number of carbonyl (C=O) groups excluding carboxylic acids is 2. The number of hydrogen-bond acceptors (Lipinski definition) is 3. The second-order valence-corrected chi connectivity index (χ2v) is 8.66. The molecule has 2 aromatic rings. The van der Waals surface area contributed by atoms with Gasteiger partial charge in [0, 0.05) is 10.9 Å². The van der Waals surface area contributed by atoms with E-state index in [0.717, 1.165) is 23.3 Å². The van der Waals surface area contributed by atoms with E-state index in [1.807, 2.05) is 31.2 Å². The average Bonchev–Trinajstić information content (AvgIpc) is 3.50. The summed E-state index contributed by atoms with van der Waals surface area (Å²) in [5.74, 6) is 0.722. The number of thioether (sulfide) groups is 1. The van der Waals surface area contributed by atoms with Crippen LogP contribution < -0.4 is 10.6 Å².